The van der Waals surface area contributed by atoms with Crippen LogP contribution in [0.15, 0.2) is 84.4 Å². The fourth-order valence-corrected chi connectivity index (χ4v) is 3.93. The van der Waals surface area contributed by atoms with Crippen LogP contribution in [0.5, 0.6) is 0 Å². The number of carbonyl (C=O) groups excluding carboxylic acids is 2. The van der Waals surface area contributed by atoms with E-state index in [4.69, 9.17) is 0 Å². The average Bonchev–Trinajstić information content (AvgIpc) is 3.04. The van der Waals surface area contributed by atoms with Crippen molar-refractivity contribution in [2.75, 3.05) is 0 Å². The van der Waals surface area contributed by atoms with Crippen LogP contribution in [0.1, 0.15) is 33.9 Å². The molecule has 7 heteroatoms. The lowest BCUT2D eigenvalue weighted by Gasteiger charge is -2.25. The van der Waals surface area contributed by atoms with Gasteiger partial charge in [-0.05, 0) is 30.2 Å². The monoisotopic (exact) mass is 451 g/mol. The molecule has 3 aromatic carbocycles. The lowest BCUT2D eigenvalue weighted by molar-refractivity contribution is -0.140. The number of alkyl halides is 3. The van der Waals surface area contributed by atoms with Crippen LogP contribution in [0.25, 0.3) is 5.76 Å². The van der Waals surface area contributed by atoms with Gasteiger partial charge in [0, 0.05) is 12.1 Å². The Kier molecular flexibility index (Phi) is 5.80. The molecule has 1 N–H and O–H groups in total. The molecule has 1 heterocycles. The van der Waals surface area contributed by atoms with Gasteiger partial charge in [0.05, 0.1) is 17.2 Å². The molecule has 33 heavy (non-hydrogen) atoms. The number of carbonyl (C=O) groups is 2. The number of Topliss-reactive ketones (excluding diaryl/α,β-unsaturated/α-hetero) is 1. The summed E-state index contributed by atoms with van der Waals surface area (Å²) in [4.78, 5) is 27.2. The Balaban J connectivity index is 1.82. The van der Waals surface area contributed by atoms with Gasteiger partial charge in [-0.15, -0.1) is 0 Å². The Hall–Kier alpha value is -3.87. The summed E-state index contributed by atoms with van der Waals surface area (Å²) in [6.45, 7) is 1.65. The third kappa shape index (κ3) is 4.39. The quantitative estimate of drug-likeness (QED) is 0.318. The number of halogens is 3. The fraction of sp³-hybridized carbons (Fsp3) is 0.154. The van der Waals surface area contributed by atoms with Crippen LogP contribution in [0.3, 0.4) is 0 Å². The van der Waals surface area contributed by atoms with E-state index in [-0.39, 0.29) is 23.4 Å². The summed E-state index contributed by atoms with van der Waals surface area (Å²) in [5.74, 6) is -2.09. The lowest BCUT2D eigenvalue weighted by atomic mass is 9.95. The van der Waals surface area contributed by atoms with Gasteiger partial charge in [0.25, 0.3) is 11.7 Å². The van der Waals surface area contributed by atoms with Crippen LogP contribution in [0.4, 0.5) is 13.2 Å². The molecule has 1 amide bonds. The van der Waals surface area contributed by atoms with Gasteiger partial charge in [0.1, 0.15) is 5.76 Å². The average molecular weight is 451 g/mol. The highest BCUT2D eigenvalue weighted by Gasteiger charge is 2.46. The van der Waals surface area contributed by atoms with Gasteiger partial charge in [0.2, 0.25) is 0 Å². The number of aliphatic hydroxyl groups excluding tert-OH is 1. The minimum Gasteiger partial charge on any atom is -0.507 e. The second-order valence-corrected chi connectivity index (χ2v) is 7.90. The van der Waals surface area contributed by atoms with E-state index >= 15 is 0 Å². The van der Waals surface area contributed by atoms with Crippen LogP contribution < -0.4 is 0 Å². The van der Waals surface area contributed by atoms with Gasteiger partial charge in [-0.3, -0.25) is 9.59 Å². The molecule has 1 unspecified atom stereocenters. The number of aryl methyl sites for hydroxylation is 1. The van der Waals surface area contributed by atoms with E-state index in [2.05, 4.69) is 0 Å². The van der Waals surface area contributed by atoms with Gasteiger partial charge < -0.3 is 10.0 Å². The first-order valence-corrected chi connectivity index (χ1v) is 10.2. The minimum absolute atomic E-state index is 0.0953. The molecule has 1 aliphatic rings. The number of benzene rings is 3. The fourth-order valence-electron chi connectivity index (χ4n) is 3.93. The van der Waals surface area contributed by atoms with E-state index < -0.39 is 29.5 Å². The molecule has 0 saturated carbocycles. The van der Waals surface area contributed by atoms with Crippen molar-refractivity contribution < 1.29 is 27.9 Å². The third-order valence-corrected chi connectivity index (χ3v) is 5.59. The normalized spacial score (nSPS) is 18.1. The highest BCUT2D eigenvalue weighted by Crippen LogP contribution is 2.40. The summed E-state index contributed by atoms with van der Waals surface area (Å²) >= 11 is 0. The van der Waals surface area contributed by atoms with Crippen LogP contribution in [-0.2, 0) is 22.3 Å². The van der Waals surface area contributed by atoms with Crippen LogP contribution >= 0.6 is 0 Å². The summed E-state index contributed by atoms with van der Waals surface area (Å²) in [5.41, 5.74) is 1.18. The van der Waals surface area contributed by atoms with Crippen LogP contribution in [0, 0.1) is 6.92 Å². The lowest BCUT2D eigenvalue weighted by Crippen LogP contribution is -2.29. The highest BCUT2D eigenvalue weighted by atomic mass is 19.4. The molecule has 0 aromatic heterocycles. The molecule has 0 radical (unpaired) electrons. The summed E-state index contributed by atoms with van der Waals surface area (Å²) < 4.78 is 39.5. The molecular formula is C26H20F3NO3. The highest BCUT2D eigenvalue weighted by molar-refractivity contribution is 6.46. The number of hydrogen-bond donors (Lipinski definition) is 1. The molecule has 3 aromatic rings. The summed E-state index contributed by atoms with van der Waals surface area (Å²) in [5, 5.41) is 11.0. The minimum atomic E-state index is -4.53. The number of nitrogens with zero attached hydrogens (tertiary/aromatic N) is 1. The first kappa shape index (κ1) is 22.3. The van der Waals surface area contributed by atoms with Crippen molar-refractivity contribution in [1.82, 2.24) is 4.90 Å². The van der Waals surface area contributed by atoms with Crippen molar-refractivity contribution in [2.24, 2.45) is 0 Å². The number of rotatable bonds is 4. The summed E-state index contributed by atoms with van der Waals surface area (Å²) in [7, 11) is 0. The molecule has 1 aliphatic heterocycles. The Morgan fingerprint density at radius 1 is 0.939 bits per heavy atom. The second-order valence-electron chi connectivity index (χ2n) is 7.90. The van der Waals surface area contributed by atoms with E-state index in [1.54, 1.807) is 54.6 Å². The van der Waals surface area contributed by atoms with Gasteiger partial charge in [0.15, 0.2) is 0 Å². The molecule has 168 valence electrons. The maximum atomic E-state index is 13.2. The zero-order valence-electron chi connectivity index (χ0n) is 17.6. The van der Waals surface area contributed by atoms with Gasteiger partial charge in [-0.2, -0.15) is 13.2 Å². The topological polar surface area (TPSA) is 57.6 Å². The molecular weight excluding hydrogens is 431 g/mol. The van der Waals surface area contributed by atoms with Gasteiger partial charge >= 0.3 is 6.18 Å². The molecule has 0 bridgehead atoms. The first-order valence-electron chi connectivity index (χ1n) is 10.2. The Morgan fingerprint density at radius 2 is 1.61 bits per heavy atom. The van der Waals surface area contributed by atoms with E-state index in [0.29, 0.717) is 11.1 Å². The summed E-state index contributed by atoms with van der Waals surface area (Å²) in [6.07, 6.45) is -4.53. The largest absolute Gasteiger partial charge is 0.507 e. The van der Waals surface area contributed by atoms with Crippen molar-refractivity contribution in [1.29, 1.82) is 0 Å². The predicted octanol–water partition coefficient (Wildman–Crippen LogP) is 5.64. The molecule has 1 fully saturated rings. The number of ketones is 1. The third-order valence-electron chi connectivity index (χ3n) is 5.59. The van der Waals surface area contributed by atoms with Crippen LogP contribution in [0.2, 0.25) is 0 Å². The maximum absolute atomic E-state index is 13.2. The Morgan fingerprint density at radius 3 is 2.24 bits per heavy atom. The SMILES string of the molecule is Cc1ccc(/C(O)=C2\C(=O)C(=O)N(Cc3cccc(C(F)(F)F)c3)C2c2ccccc2)cc1. The predicted molar refractivity (Wildman–Crippen MR) is 117 cm³/mol. The zero-order chi connectivity index (χ0) is 23.8. The standard InChI is InChI=1S/C26H20F3NO3/c1-16-10-12-19(13-11-16)23(31)21-22(18-7-3-2-4-8-18)30(25(33)24(21)32)15-17-6-5-9-20(14-17)26(27,28)29/h2-14,22,31H,15H2,1H3/b23-21+. The molecule has 4 nitrogen and oxygen atoms in total. The zero-order valence-corrected chi connectivity index (χ0v) is 17.6. The number of amides is 1. The molecule has 1 saturated heterocycles. The van der Waals surface area contributed by atoms with Crippen LogP contribution in [-0.4, -0.2) is 21.7 Å². The van der Waals surface area contributed by atoms with Crippen molar-refractivity contribution in [3.8, 4) is 0 Å². The number of aliphatic hydroxyl groups is 1. The molecule has 0 spiro atoms. The van der Waals surface area contributed by atoms with Crippen molar-refractivity contribution >= 4 is 17.4 Å². The number of likely N-dealkylation sites (tertiary alicyclic amines) is 1. The Labute approximate surface area is 188 Å². The second kappa shape index (κ2) is 8.58. The van der Waals surface area contributed by atoms with Gasteiger partial charge in [-0.1, -0.05) is 72.3 Å². The van der Waals surface area contributed by atoms with Crippen molar-refractivity contribution in [3.63, 3.8) is 0 Å². The van der Waals surface area contributed by atoms with E-state index in [1.807, 2.05) is 6.92 Å². The van der Waals surface area contributed by atoms with Gasteiger partial charge in [-0.25, -0.2) is 0 Å². The Bertz CT molecular complexity index is 1230. The van der Waals surface area contributed by atoms with Crippen molar-refractivity contribution in [2.45, 2.75) is 25.7 Å². The first-order chi connectivity index (χ1) is 15.7. The molecule has 0 aliphatic carbocycles. The van der Waals surface area contributed by atoms with E-state index in [9.17, 15) is 27.9 Å². The van der Waals surface area contributed by atoms with E-state index in [1.165, 1.54) is 17.0 Å². The van der Waals surface area contributed by atoms with E-state index in [0.717, 1.165) is 17.7 Å². The maximum Gasteiger partial charge on any atom is 0.416 e. The van der Waals surface area contributed by atoms with Crippen molar-refractivity contribution in [3.05, 3.63) is 112 Å². The molecule has 4 rings (SSSR count). The smallest absolute Gasteiger partial charge is 0.416 e. The summed E-state index contributed by atoms with van der Waals surface area (Å²) in [6, 6.07) is 19.2. The molecule has 1 atom stereocenters. The number of hydrogen-bond acceptors (Lipinski definition) is 3.